The number of benzene rings is 1. The molecule has 2 N–H and O–H groups in total. The molecule has 0 radical (unpaired) electrons. The Balaban J connectivity index is 0.00000300. The highest BCUT2D eigenvalue weighted by atomic mass is 127. The average molecular weight is 511 g/mol. The molecule has 2 heterocycles. The lowest BCUT2D eigenvalue weighted by Gasteiger charge is -2.31. The van der Waals surface area contributed by atoms with Gasteiger partial charge < -0.3 is 15.1 Å². The van der Waals surface area contributed by atoms with E-state index in [1.165, 1.54) is 24.0 Å². The Morgan fingerprint density at radius 3 is 2.59 bits per heavy atom. The normalized spacial score (nSPS) is 15.8. The molecule has 0 spiro atoms. The number of aryl methyl sites for hydroxylation is 3. The van der Waals surface area contributed by atoms with Gasteiger partial charge in [-0.25, -0.2) is 4.98 Å². The molecule has 29 heavy (non-hydrogen) atoms. The van der Waals surface area contributed by atoms with Crippen molar-refractivity contribution in [1.82, 2.24) is 20.5 Å². The Kier molecular flexibility index (Phi) is 9.42. The summed E-state index contributed by atoms with van der Waals surface area (Å²) in [5.41, 5.74) is 3.55. The summed E-state index contributed by atoms with van der Waals surface area (Å²) >= 11 is 0. The molecule has 1 aromatic carbocycles. The van der Waals surface area contributed by atoms with Crippen molar-refractivity contribution in [2.45, 2.75) is 46.7 Å². The van der Waals surface area contributed by atoms with Gasteiger partial charge in [0.25, 0.3) is 0 Å². The molecule has 2 aromatic rings. The first-order valence-electron chi connectivity index (χ1n) is 10.2. The van der Waals surface area contributed by atoms with Crippen LogP contribution in [0, 0.1) is 26.7 Å². The van der Waals surface area contributed by atoms with Crippen LogP contribution in [0.2, 0.25) is 0 Å². The molecule has 0 bridgehead atoms. The van der Waals surface area contributed by atoms with Gasteiger partial charge in [0, 0.05) is 20.1 Å². The monoisotopic (exact) mass is 511 g/mol. The predicted octanol–water partition coefficient (Wildman–Crippen LogP) is 3.80. The van der Waals surface area contributed by atoms with Gasteiger partial charge in [0.2, 0.25) is 5.89 Å². The van der Waals surface area contributed by atoms with Crippen LogP contribution in [0.3, 0.4) is 0 Å². The van der Waals surface area contributed by atoms with Crippen molar-refractivity contribution in [2.24, 2.45) is 10.9 Å². The summed E-state index contributed by atoms with van der Waals surface area (Å²) in [5, 5.41) is 6.90. The van der Waals surface area contributed by atoms with Crippen LogP contribution in [-0.4, -0.2) is 42.5 Å². The lowest BCUT2D eigenvalue weighted by Crippen LogP contribution is -2.42. The number of piperidine rings is 1. The summed E-state index contributed by atoms with van der Waals surface area (Å²) < 4.78 is 5.72. The SMILES string of the molecule is CN=C(NCc1cccc(C)c1)NCC1CCN(Cc2nc(C)c(C)o2)CC1.I. The van der Waals surface area contributed by atoms with E-state index in [2.05, 4.69) is 56.7 Å². The van der Waals surface area contributed by atoms with Gasteiger partial charge in [-0.15, -0.1) is 24.0 Å². The molecule has 0 amide bonds. The van der Waals surface area contributed by atoms with E-state index in [4.69, 9.17) is 4.42 Å². The van der Waals surface area contributed by atoms with Crippen LogP contribution in [0.5, 0.6) is 0 Å². The molecule has 1 aliphatic heterocycles. The predicted molar refractivity (Wildman–Crippen MR) is 129 cm³/mol. The second-order valence-corrected chi connectivity index (χ2v) is 7.76. The Labute approximate surface area is 191 Å². The van der Waals surface area contributed by atoms with E-state index in [9.17, 15) is 0 Å². The van der Waals surface area contributed by atoms with E-state index in [0.717, 1.165) is 56.0 Å². The van der Waals surface area contributed by atoms with E-state index in [1.54, 1.807) is 0 Å². The van der Waals surface area contributed by atoms with Gasteiger partial charge in [-0.3, -0.25) is 9.89 Å². The molecule has 1 fully saturated rings. The molecule has 0 saturated carbocycles. The Morgan fingerprint density at radius 1 is 1.21 bits per heavy atom. The van der Waals surface area contributed by atoms with Gasteiger partial charge >= 0.3 is 0 Å². The summed E-state index contributed by atoms with van der Waals surface area (Å²) in [6.45, 7) is 10.8. The fraction of sp³-hybridized carbons (Fsp3) is 0.545. The molecule has 0 aliphatic carbocycles. The third-order valence-corrected chi connectivity index (χ3v) is 5.46. The molecule has 0 unspecified atom stereocenters. The smallest absolute Gasteiger partial charge is 0.208 e. The van der Waals surface area contributed by atoms with Crippen molar-refractivity contribution < 1.29 is 4.42 Å². The maximum absolute atomic E-state index is 5.72. The Hall–Kier alpha value is -1.61. The molecule has 6 nitrogen and oxygen atoms in total. The highest BCUT2D eigenvalue weighted by molar-refractivity contribution is 14.0. The summed E-state index contributed by atoms with van der Waals surface area (Å²) in [6, 6.07) is 8.55. The van der Waals surface area contributed by atoms with E-state index in [-0.39, 0.29) is 24.0 Å². The number of guanidine groups is 1. The average Bonchev–Trinajstić information content (AvgIpc) is 3.00. The zero-order chi connectivity index (χ0) is 19.9. The number of rotatable bonds is 6. The van der Waals surface area contributed by atoms with Crippen molar-refractivity contribution in [3.63, 3.8) is 0 Å². The molecule has 7 heteroatoms. The molecule has 1 saturated heterocycles. The molecule has 160 valence electrons. The van der Waals surface area contributed by atoms with Crippen LogP contribution in [0.1, 0.15) is 41.3 Å². The van der Waals surface area contributed by atoms with Crippen LogP contribution in [0.15, 0.2) is 33.7 Å². The molecule has 3 rings (SSSR count). The zero-order valence-electron chi connectivity index (χ0n) is 18.0. The number of aliphatic imine (C=N–C) groups is 1. The first-order valence-corrected chi connectivity index (χ1v) is 10.2. The van der Waals surface area contributed by atoms with Gasteiger partial charge in [-0.1, -0.05) is 29.8 Å². The molecule has 1 aliphatic rings. The molecular formula is C22H34IN5O. The van der Waals surface area contributed by atoms with Gasteiger partial charge in [0.1, 0.15) is 5.76 Å². The van der Waals surface area contributed by atoms with Gasteiger partial charge in [-0.2, -0.15) is 0 Å². The number of aromatic nitrogens is 1. The van der Waals surface area contributed by atoms with Gasteiger partial charge in [0.05, 0.1) is 12.2 Å². The second kappa shape index (κ2) is 11.5. The number of halogens is 1. The topological polar surface area (TPSA) is 65.7 Å². The minimum atomic E-state index is 0. The lowest BCUT2D eigenvalue weighted by atomic mass is 9.97. The van der Waals surface area contributed by atoms with Gasteiger partial charge in [0.15, 0.2) is 5.96 Å². The Bertz CT molecular complexity index is 777. The second-order valence-electron chi connectivity index (χ2n) is 7.76. The van der Waals surface area contributed by atoms with E-state index in [1.807, 2.05) is 20.9 Å². The maximum Gasteiger partial charge on any atom is 0.208 e. The molecular weight excluding hydrogens is 477 g/mol. The van der Waals surface area contributed by atoms with E-state index in [0.29, 0.717) is 5.92 Å². The van der Waals surface area contributed by atoms with Crippen LogP contribution in [-0.2, 0) is 13.1 Å². The van der Waals surface area contributed by atoms with Crippen molar-refractivity contribution in [3.05, 3.63) is 52.7 Å². The van der Waals surface area contributed by atoms with Crippen LogP contribution in [0.25, 0.3) is 0 Å². The van der Waals surface area contributed by atoms with Crippen molar-refractivity contribution in [3.8, 4) is 0 Å². The number of hydrogen-bond acceptors (Lipinski definition) is 4. The minimum absolute atomic E-state index is 0. The number of hydrogen-bond donors (Lipinski definition) is 2. The van der Waals surface area contributed by atoms with E-state index >= 15 is 0 Å². The minimum Gasteiger partial charge on any atom is -0.444 e. The van der Waals surface area contributed by atoms with Crippen LogP contribution in [0.4, 0.5) is 0 Å². The summed E-state index contributed by atoms with van der Waals surface area (Å²) in [5.74, 6) is 3.31. The third-order valence-electron chi connectivity index (χ3n) is 5.46. The first-order chi connectivity index (χ1) is 13.5. The largest absolute Gasteiger partial charge is 0.444 e. The molecule has 1 aromatic heterocycles. The lowest BCUT2D eigenvalue weighted by molar-refractivity contribution is 0.164. The first kappa shape index (κ1) is 23.7. The van der Waals surface area contributed by atoms with E-state index < -0.39 is 0 Å². The summed E-state index contributed by atoms with van der Waals surface area (Å²) in [4.78, 5) is 11.3. The van der Waals surface area contributed by atoms with Crippen LogP contribution < -0.4 is 10.6 Å². The van der Waals surface area contributed by atoms with Crippen molar-refractivity contribution >= 4 is 29.9 Å². The summed E-state index contributed by atoms with van der Waals surface area (Å²) in [7, 11) is 1.83. The van der Waals surface area contributed by atoms with Gasteiger partial charge in [-0.05, 0) is 58.2 Å². The Morgan fingerprint density at radius 2 is 1.97 bits per heavy atom. The third kappa shape index (κ3) is 7.29. The molecule has 0 atom stereocenters. The standard InChI is InChI=1S/C22H33N5O.HI/c1-16-6-5-7-20(12-16)14-25-22(23-4)24-13-19-8-10-27(11-9-19)15-21-26-17(2)18(3)28-21;/h5-7,12,19H,8-11,13-15H2,1-4H3,(H2,23,24,25);1H. The zero-order valence-corrected chi connectivity index (χ0v) is 20.3. The maximum atomic E-state index is 5.72. The summed E-state index contributed by atoms with van der Waals surface area (Å²) in [6.07, 6.45) is 2.36. The van der Waals surface area contributed by atoms with Crippen molar-refractivity contribution in [2.75, 3.05) is 26.7 Å². The fourth-order valence-corrected chi connectivity index (χ4v) is 3.62. The number of oxazole rings is 1. The quantitative estimate of drug-likeness (QED) is 0.351. The van der Waals surface area contributed by atoms with Crippen molar-refractivity contribution in [1.29, 1.82) is 0 Å². The number of nitrogens with zero attached hydrogens (tertiary/aromatic N) is 3. The number of nitrogens with one attached hydrogen (secondary N) is 2. The fourth-order valence-electron chi connectivity index (χ4n) is 3.62. The highest BCUT2D eigenvalue weighted by Crippen LogP contribution is 2.19. The number of likely N-dealkylation sites (tertiary alicyclic amines) is 1. The highest BCUT2D eigenvalue weighted by Gasteiger charge is 2.21. The van der Waals surface area contributed by atoms with Crippen LogP contribution >= 0.6 is 24.0 Å².